The highest BCUT2D eigenvalue weighted by Gasteiger charge is 2.28. The van der Waals surface area contributed by atoms with Gasteiger partial charge < -0.3 is 18.6 Å². The van der Waals surface area contributed by atoms with Gasteiger partial charge in [0.1, 0.15) is 11.3 Å². The molecule has 0 aliphatic carbocycles. The minimum Gasteiger partial charge on any atom is -0.494 e. The number of hydrogen-bond acceptors (Lipinski definition) is 9. The summed E-state index contributed by atoms with van der Waals surface area (Å²) in [4.78, 5) is 39.3. The maximum atomic E-state index is 12.1. The fourth-order valence-electron chi connectivity index (χ4n) is 4.32. The Bertz CT molecular complexity index is 1460. The summed E-state index contributed by atoms with van der Waals surface area (Å²) in [6, 6.07) is 15.8. The van der Waals surface area contributed by atoms with Crippen LogP contribution < -0.4 is 4.74 Å². The lowest BCUT2D eigenvalue weighted by Crippen LogP contribution is -2.28. The van der Waals surface area contributed by atoms with Crippen LogP contribution in [0.2, 0.25) is 0 Å². The second-order valence-electron chi connectivity index (χ2n) is 8.87. The summed E-state index contributed by atoms with van der Waals surface area (Å²) >= 11 is 0. The Kier molecular flexibility index (Phi) is 9.09. The molecule has 0 aliphatic rings. The van der Waals surface area contributed by atoms with E-state index in [0.29, 0.717) is 42.2 Å². The van der Waals surface area contributed by atoms with E-state index in [1.165, 1.54) is 12.1 Å². The van der Waals surface area contributed by atoms with Crippen molar-refractivity contribution in [2.75, 3.05) is 19.8 Å². The van der Waals surface area contributed by atoms with Gasteiger partial charge in [0.15, 0.2) is 11.5 Å². The van der Waals surface area contributed by atoms with Crippen molar-refractivity contribution >= 4 is 39.5 Å². The number of nitrogens with zero attached hydrogens (tertiary/aromatic N) is 2. The number of fused-ring (bicyclic) bond motifs is 2. The van der Waals surface area contributed by atoms with Crippen LogP contribution in [-0.4, -0.2) is 41.7 Å². The van der Waals surface area contributed by atoms with Crippen LogP contribution in [0.1, 0.15) is 39.5 Å². The summed E-state index contributed by atoms with van der Waals surface area (Å²) in [5.74, 6) is -0.877. The van der Waals surface area contributed by atoms with E-state index in [4.69, 9.17) is 18.6 Å². The van der Waals surface area contributed by atoms with E-state index in [1.54, 1.807) is 19.9 Å². The molecule has 0 fully saturated rings. The summed E-state index contributed by atoms with van der Waals surface area (Å²) in [5.41, 5.74) is 1.62. The number of non-ortho nitro benzene ring substituents is 1. The van der Waals surface area contributed by atoms with Crippen molar-refractivity contribution in [3.8, 4) is 17.2 Å². The van der Waals surface area contributed by atoms with Gasteiger partial charge in [0, 0.05) is 11.6 Å². The predicted molar refractivity (Wildman–Crippen MR) is 144 cm³/mol. The first-order chi connectivity index (χ1) is 18.9. The van der Waals surface area contributed by atoms with Crippen LogP contribution in [0.5, 0.6) is 5.75 Å². The van der Waals surface area contributed by atoms with Crippen LogP contribution in [0.3, 0.4) is 0 Å². The molecule has 4 rings (SSSR count). The average molecular weight is 535 g/mol. The molecule has 1 aromatic heterocycles. The van der Waals surface area contributed by atoms with Crippen molar-refractivity contribution in [2.24, 2.45) is 5.92 Å². The standard InChI is InChI=1S/C29H30N2O8/c1-3-36-28(32)24(29(33)37-4-2)10-6-5-7-16-38-21-13-14-22-19(17-21)9-8-11-23(22)27-30-25-15-12-20(31(34)35)18-26(25)39-27/h8-9,11-15,17-18,24H,3-7,10,16H2,1-2H3. The number of esters is 2. The van der Waals surface area contributed by atoms with Crippen LogP contribution in [-0.2, 0) is 19.1 Å². The third-order valence-electron chi connectivity index (χ3n) is 6.21. The van der Waals surface area contributed by atoms with E-state index in [9.17, 15) is 19.7 Å². The minimum absolute atomic E-state index is 0.0530. The third-order valence-corrected chi connectivity index (χ3v) is 6.21. The van der Waals surface area contributed by atoms with Gasteiger partial charge in [0.25, 0.3) is 5.69 Å². The Hall–Kier alpha value is -4.47. The topological polar surface area (TPSA) is 131 Å². The number of carbonyl (C=O) groups is 2. The molecule has 0 unspecified atom stereocenters. The van der Waals surface area contributed by atoms with Crippen LogP contribution in [0.4, 0.5) is 5.69 Å². The number of carbonyl (C=O) groups excluding carboxylic acids is 2. The molecule has 3 aromatic carbocycles. The number of ether oxygens (including phenoxy) is 3. The summed E-state index contributed by atoms with van der Waals surface area (Å²) in [6.07, 6.45) is 2.58. The third kappa shape index (κ3) is 6.70. The first kappa shape index (κ1) is 27.6. The van der Waals surface area contributed by atoms with E-state index in [1.807, 2.05) is 36.4 Å². The number of rotatable bonds is 13. The van der Waals surface area contributed by atoms with E-state index in [0.717, 1.165) is 29.2 Å². The lowest BCUT2D eigenvalue weighted by Gasteiger charge is -2.14. The van der Waals surface area contributed by atoms with Gasteiger partial charge in [-0.15, -0.1) is 0 Å². The first-order valence-corrected chi connectivity index (χ1v) is 13.0. The van der Waals surface area contributed by atoms with E-state index < -0.39 is 22.8 Å². The molecular formula is C29H30N2O8. The summed E-state index contributed by atoms with van der Waals surface area (Å²) in [7, 11) is 0. The number of hydrogen-bond donors (Lipinski definition) is 0. The summed E-state index contributed by atoms with van der Waals surface area (Å²) < 4.78 is 21.8. The SMILES string of the molecule is CCOC(=O)C(CCCCCOc1ccc2c(-c3nc4ccc([N+](=O)[O-])cc4o3)cccc2c1)C(=O)OCC. The first-order valence-electron chi connectivity index (χ1n) is 13.0. The molecule has 0 saturated carbocycles. The number of oxazole rings is 1. The lowest BCUT2D eigenvalue weighted by molar-refractivity contribution is -0.384. The van der Waals surface area contributed by atoms with E-state index in [2.05, 4.69) is 4.98 Å². The van der Waals surface area contributed by atoms with Crippen LogP contribution in [0, 0.1) is 16.0 Å². The van der Waals surface area contributed by atoms with Crippen molar-refractivity contribution in [3.63, 3.8) is 0 Å². The van der Waals surface area contributed by atoms with Crippen molar-refractivity contribution in [1.82, 2.24) is 4.98 Å². The Balaban J connectivity index is 1.35. The molecule has 39 heavy (non-hydrogen) atoms. The van der Waals surface area contributed by atoms with Crippen LogP contribution >= 0.6 is 0 Å². The molecule has 0 radical (unpaired) electrons. The van der Waals surface area contributed by atoms with Crippen LogP contribution in [0.25, 0.3) is 33.3 Å². The second-order valence-corrected chi connectivity index (χ2v) is 8.87. The molecule has 0 spiro atoms. The Morgan fingerprint density at radius 1 is 0.974 bits per heavy atom. The molecule has 0 aliphatic heterocycles. The molecule has 1 heterocycles. The van der Waals surface area contributed by atoms with Gasteiger partial charge in [-0.25, -0.2) is 4.98 Å². The molecule has 10 nitrogen and oxygen atoms in total. The maximum absolute atomic E-state index is 12.1. The molecule has 10 heteroatoms. The van der Waals surface area contributed by atoms with Gasteiger partial charge in [0.05, 0.1) is 30.8 Å². The zero-order valence-corrected chi connectivity index (χ0v) is 21.9. The second kappa shape index (κ2) is 12.9. The van der Waals surface area contributed by atoms with E-state index in [-0.39, 0.29) is 18.9 Å². The summed E-state index contributed by atoms with van der Waals surface area (Å²) in [6.45, 7) is 4.33. The van der Waals surface area contributed by atoms with Crippen molar-refractivity contribution in [2.45, 2.75) is 39.5 Å². The molecule has 4 aromatic rings. The van der Waals surface area contributed by atoms with Gasteiger partial charge in [-0.2, -0.15) is 0 Å². The molecule has 0 bridgehead atoms. The fourth-order valence-corrected chi connectivity index (χ4v) is 4.32. The molecule has 204 valence electrons. The van der Waals surface area contributed by atoms with Gasteiger partial charge in [-0.1, -0.05) is 25.0 Å². The van der Waals surface area contributed by atoms with Crippen molar-refractivity contribution in [1.29, 1.82) is 0 Å². The van der Waals surface area contributed by atoms with Crippen molar-refractivity contribution in [3.05, 3.63) is 64.7 Å². The molecule has 0 N–H and O–H groups in total. The van der Waals surface area contributed by atoms with Gasteiger partial charge >= 0.3 is 11.9 Å². The minimum atomic E-state index is -0.892. The fraction of sp³-hybridized carbons (Fsp3) is 0.345. The highest BCUT2D eigenvalue weighted by molar-refractivity contribution is 5.96. The number of unbranched alkanes of at least 4 members (excludes halogenated alkanes) is 2. The Morgan fingerprint density at radius 2 is 1.74 bits per heavy atom. The number of nitro groups is 1. The zero-order valence-electron chi connectivity index (χ0n) is 21.9. The number of benzene rings is 3. The lowest BCUT2D eigenvalue weighted by atomic mass is 10.0. The van der Waals surface area contributed by atoms with E-state index >= 15 is 0 Å². The summed E-state index contributed by atoms with van der Waals surface area (Å²) in [5, 5.41) is 12.9. The molecule has 0 amide bonds. The van der Waals surface area contributed by atoms with Gasteiger partial charge in [0.2, 0.25) is 5.89 Å². The Labute approximate surface area is 225 Å². The van der Waals surface area contributed by atoms with Crippen LogP contribution in [0.15, 0.2) is 59.0 Å². The number of aromatic nitrogens is 1. The normalized spacial score (nSPS) is 11.2. The smallest absolute Gasteiger partial charge is 0.320 e. The predicted octanol–water partition coefficient (Wildman–Crippen LogP) is 6.24. The largest absolute Gasteiger partial charge is 0.494 e. The quantitative estimate of drug-likeness (QED) is 0.0643. The zero-order chi connectivity index (χ0) is 27.8. The van der Waals surface area contributed by atoms with Gasteiger partial charge in [-0.05, 0) is 67.8 Å². The molecule has 0 saturated heterocycles. The van der Waals surface area contributed by atoms with Gasteiger partial charge in [-0.3, -0.25) is 19.7 Å². The van der Waals surface area contributed by atoms with Crippen molar-refractivity contribution < 1.29 is 33.1 Å². The maximum Gasteiger partial charge on any atom is 0.320 e. The highest BCUT2D eigenvalue weighted by Crippen LogP contribution is 2.33. The monoisotopic (exact) mass is 534 g/mol. The Morgan fingerprint density at radius 3 is 2.46 bits per heavy atom. The molecular weight excluding hydrogens is 504 g/mol. The molecule has 0 atom stereocenters. The average Bonchev–Trinajstić information content (AvgIpc) is 3.35. The number of nitro benzene ring substituents is 1. The highest BCUT2D eigenvalue weighted by atomic mass is 16.6.